The number of carbonyl (C=O) groups excluding carboxylic acids is 1. The van der Waals surface area contributed by atoms with E-state index in [2.05, 4.69) is 88.2 Å². The van der Waals surface area contributed by atoms with Gasteiger partial charge in [-0.2, -0.15) is 4.68 Å². The Labute approximate surface area is 216 Å². The number of hydrogen-bond acceptors (Lipinski definition) is 5. The third-order valence-corrected chi connectivity index (χ3v) is 10.8. The highest BCUT2D eigenvalue weighted by Crippen LogP contribution is 2.37. The van der Waals surface area contributed by atoms with Gasteiger partial charge in [-0.3, -0.25) is 0 Å². The van der Waals surface area contributed by atoms with Crippen LogP contribution in [0.1, 0.15) is 55.4 Å². The van der Waals surface area contributed by atoms with Crippen molar-refractivity contribution >= 4 is 24.8 Å². The van der Waals surface area contributed by atoms with Gasteiger partial charge in [-0.1, -0.05) is 95.3 Å². The average Bonchev–Trinajstić information content (AvgIpc) is 3.27. The maximum atomic E-state index is 12.3. The molecule has 0 amide bonds. The maximum absolute atomic E-state index is 12.3. The van der Waals surface area contributed by atoms with E-state index in [1.807, 2.05) is 32.9 Å². The van der Waals surface area contributed by atoms with Gasteiger partial charge in [-0.25, -0.2) is 4.79 Å². The lowest BCUT2D eigenvalue weighted by molar-refractivity contribution is 0.0508. The highest BCUT2D eigenvalue weighted by atomic mass is 28.4. The molecular formula is C29H40N2O4Si. The van der Waals surface area contributed by atoms with E-state index in [-0.39, 0.29) is 10.5 Å². The van der Waals surface area contributed by atoms with E-state index in [0.717, 1.165) is 4.68 Å². The Morgan fingerprint density at radius 1 is 0.806 bits per heavy atom. The largest absolute Gasteiger partial charge is 0.476 e. The molecule has 0 aliphatic heterocycles. The Kier molecular flexibility index (Phi) is 8.16. The molecule has 194 valence electrons. The van der Waals surface area contributed by atoms with Gasteiger partial charge in [0.2, 0.25) is 5.88 Å². The number of ether oxygens (including phenoxy) is 2. The highest BCUT2D eigenvalue weighted by molar-refractivity contribution is 6.99. The second kappa shape index (κ2) is 10.6. The van der Waals surface area contributed by atoms with E-state index < -0.39 is 20.0 Å². The first-order valence-electron chi connectivity index (χ1n) is 12.4. The summed E-state index contributed by atoms with van der Waals surface area (Å²) in [4.78, 5) is 12.3. The second-order valence-electron chi connectivity index (χ2n) is 12.0. The van der Waals surface area contributed by atoms with E-state index in [1.54, 1.807) is 12.3 Å². The molecule has 0 bridgehead atoms. The number of aromatic nitrogens is 2. The monoisotopic (exact) mass is 508 g/mol. The molecule has 36 heavy (non-hydrogen) atoms. The predicted molar refractivity (Wildman–Crippen MR) is 147 cm³/mol. The van der Waals surface area contributed by atoms with Crippen LogP contribution in [0.2, 0.25) is 5.04 Å². The number of benzene rings is 2. The van der Waals surface area contributed by atoms with Crippen LogP contribution in [0, 0.1) is 5.41 Å². The summed E-state index contributed by atoms with van der Waals surface area (Å²) in [5, 5.41) is 6.62. The molecule has 0 aliphatic rings. The van der Waals surface area contributed by atoms with E-state index in [4.69, 9.17) is 13.9 Å². The van der Waals surface area contributed by atoms with Gasteiger partial charge in [0.05, 0.1) is 6.61 Å². The van der Waals surface area contributed by atoms with Gasteiger partial charge in [0, 0.05) is 24.3 Å². The van der Waals surface area contributed by atoms with Crippen molar-refractivity contribution in [3.63, 3.8) is 0 Å². The summed E-state index contributed by atoms with van der Waals surface area (Å²) in [5.41, 5.74) is -0.896. The van der Waals surface area contributed by atoms with Crippen molar-refractivity contribution in [3.8, 4) is 5.88 Å². The Balaban J connectivity index is 1.78. The zero-order valence-electron chi connectivity index (χ0n) is 22.9. The normalized spacial score (nSPS) is 12.9. The molecule has 7 heteroatoms. The molecule has 0 saturated heterocycles. The van der Waals surface area contributed by atoms with Gasteiger partial charge in [-0.05, 0) is 36.2 Å². The third kappa shape index (κ3) is 6.65. The molecular weight excluding hydrogens is 468 g/mol. The summed E-state index contributed by atoms with van der Waals surface area (Å²) in [5.74, 6) is 0.374. The molecule has 6 nitrogen and oxygen atoms in total. The van der Waals surface area contributed by atoms with Gasteiger partial charge >= 0.3 is 6.09 Å². The van der Waals surface area contributed by atoms with Crippen molar-refractivity contribution in [1.82, 2.24) is 9.78 Å². The lowest BCUT2D eigenvalue weighted by Gasteiger charge is -2.44. The Hall–Kier alpha value is -2.90. The van der Waals surface area contributed by atoms with Crippen molar-refractivity contribution < 1.29 is 18.7 Å². The van der Waals surface area contributed by atoms with Crippen LogP contribution in [0.5, 0.6) is 5.88 Å². The molecule has 3 aromatic rings. The molecule has 1 heterocycles. The first kappa shape index (κ1) is 27.7. The average molecular weight is 509 g/mol. The molecule has 0 N–H and O–H groups in total. The van der Waals surface area contributed by atoms with Crippen LogP contribution in [-0.2, 0) is 9.16 Å². The summed E-state index contributed by atoms with van der Waals surface area (Å²) in [7, 11) is -2.64. The fourth-order valence-corrected chi connectivity index (χ4v) is 8.93. The number of hydrogen-bond donors (Lipinski definition) is 0. The quantitative estimate of drug-likeness (QED) is 0.368. The lowest BCUT2D eigenvalue weighted by atomic mass is 9.97. The van der Waals surface area contributed by atoms with Crippen LogP contribution in [0.4, 0.5) is 4.79 Å². The van der Waals surface area contributed by atoms with Crippen molar-refractivity contribution in [2.45, 2.75) is 66.0 Å². The number of rotatable bonds is 8. The predicted octanol–water partition coefficient (Wildman–Crippen LogP) is 5.65. The van der Waals surface area contributed by atoms with Crippen LogP contribution in [0.15, 0.2) is 72.9 Å². The van der Waals surface area contributed by atoms with Crippen LogP contribution in [-0.4, -0.2) is 43.0 Å². The highest BCUT2D eigenvalue weighted by Gasteiger charge is 2.50. The molecule has 0 unspecified atom stereocenters. The molecule has 0 radical (unpaired) electrons. The minimum Gasteiger partial charge on any atom is -0.476 e. The first-order valence-corrected chi connectivity index (χ1v) is 14.3. The standard InChI is InChI=1S/C29H40N2O4Si/c1-27(2,3)35-26(32)31-20-19-25(30-31)33-21-29(7,8)22-34-36(28(4,5)6,23-15-11-9-12-16-23)24-17-13-10-14-18-24/h9-20H,21-22H2,1-8H3. The van der Waals surface area contributed by atoms with Gasteiger partial charge in [-0.15, -0.1) is 5.10 Å². The van der Waals surface area contributed by atoms with Crippen LogP contribution in [0.25, 0.3) is 0 Å². The SMILES string of the molecule is CC(C)(COc1ccn(C(=O)OC(C)(C)C)n1)CO[Si](c1ccccc1)(c1ccccc1)C(C)(C)C. The van der Waals surface area contributed by atoms with Gasteiger partial charge in [0.1, 0.15) is 5.60 Å². The molecule has 1 aromatic heterocycles. The smallest absolute Gasteiger partial charge is 0.435 e. The fourth-order valence-electron chi connectivity index (χ4n) is 4.17. The van der Waals surface area contributed by atoms with Crippen molar-refractivity contribution in [2.75, 3.05) is 13.2 Å². The van der Waals surface area contributed by atoms with Crippen LogP contribution in [0.3, 0.4) is 0 Å². The second-order valence-corrected chi connectivity index (χ2v) is 16.3. The molecule has 0 saturated carbocycles. The van der Waals surface area contributed by atoms with Crippen LogP contribution >= 0.6 is 0 Å². The molecule has 3 rings (SSSR count). The molecule has 0 aliphatic carbocycles. The molecule has 0 spiro atoms. The van der Waals surface area contributed by atoms with Crippen molar-refractivity contribution in [2.24, 2.45) is 5.41 Å². The Morgan fingerprint density at radius 2 is 1.33 bits per heavy atom. The zero-order chi connectivity index (χ0) is 26.6. The van der Waals surface area contributed by atoms with Gasteiger partial charge in [0.25, 0.3) is 8.32 Å². The summed E-state index contributed by atoms with van der Waals surface area (Å²) in [6.45, 7) is 17.4. The summed E-state index contributed by atoms with van der Waals surface area (Å²) in [6.07, 6.45) is 1.02. The minimum absolute atomic E-state index is 0.0984. The van der Waals surface area contributed by atoms with Gasteiger partial charge < -0.3 is 13.9 Å². The maximum Gasteiger partial charge on any atom is 0.435 e. The summed E-state index contributed by atoms with van der Waals surface area (Å²) < 4.78 is 19.6. The fraction of sp³-hybridized carbons (Fsp3) is 0.448. The van der Waals surface area contributed by atoms with Crippen molar-refractivity contribution in [3.05, 3.63) is 72.9 Å². The number of nitrogens with zero attached hydrogens (tertiary/aromatic N) is 2. The summed E-state index contributed by atoms with van der Waals surface area (Å²) in [6, 6.07) is 22.9. The lowest BCUT2D eigenvalue weighted by Crippen LogP contribution is -2.67. The van der Waals surface area contributed by atoms with Gasteiger partial charge in [0.15, 0.2) is 0 Å². The molecule has 0 fully saturated rings. The van der Waals surface area contributed by atoms with Crippen LogP contribution < -0.4 is 15.1 Å². The topological polar surface area (TPSA) is 62.6 Å². The Bertz CT molecular complexity index is 1090. The molecule has 0 atom stereocenters. The summed E-state index contributed by atoms with van der Waals surface area (Å²) >= 11 is 0. The first-order chi connectivity index (χ1) is 16.7. The number of carbonyl (C=O) groups is 1. The zero-order valence-corrected chi connectivity index (χ0v) is 23.9. The van der Waals surface area contributed by atoms with Crippen molar-refractivity contribution in [1.29, 1.82) is 0 Å². The Morgan fingerprint density at radius 3 is 1.81 bits per heavy atom. The molecule has 2 aromatic carbocycles. The van der Waals surface area contributed by atoms with E-state index in [9.17, 15) is 4.79 Å². The van der Waals surface area contributed by atoms with E-state index in [0.29, 0.717) is 19.1 Å². The third-order valence-electron chi connectivity index (χ3n) is 5.85. The minimum atomic E-state index is -2.64. The van der Waals surface area contributed by atoms with E-state index >= 15 is 0 Å². The van der Waals surface area contributed by atoms with E-state index in [1.165, 1.54) is 10.4 Å².